The fraction of sp³-hybridized carbons (Fsp3) is 0.500. The number of aliphatic hydroxyl groups is 2. The molecule has 174 valence electrons. The van der Waals surface area contributed by atoms with Gasteiger partial charge in [-0.05, 0) is 52.7 Å². The summed E-state index contributed by atoms with van der Waals surface area (Å²) in [5.41, 5.74) is -2.69. The van der Waals surface area contributed by atoms with Crippen LogP contribution in [0.5, 0.6) is 0 Å². The van der Waals surface area contributed by atoms with Crippen molar-refractivity contribution < 1.29 is 31.8 Å². The van der Waals surface area contributed by atoms with Crippen molar-refractivity contribution in [1.29, 1.82) is 0 Å². The van der Waals surface area contributed by atoms with Crippen LogP contribution in [0.3, 0.4) is 0 Å². The van der Waals surface area contributed by atoms with E-state index in [9.17, 15) is 31.8 Å². The van der Waals surface area contributed by atoms with E-state index in [2.05, 4.69) is 10.1 Å². The summed E-state index contributed by atoms with van der Waals surface area (Å²) in [6.45, 7) is 6.20. The molecule has 1 saturated carbocycles. The molecule has 0 atom stereocenters. The number of aryl methyl sites for hydroxylation is 1. The van der Waals surface area contributed by atoms with E-state index in [0.717, 1.165) is 23.5 Å². The highest BCUT2D eigenvalue weighted by atomic mass is 32.2. The summed E-state index contributed by atoms with van der Waals surface area (Å²) in [5, 5.41) is 23.8. The molecule has 0 unspecified atom stereocenters. The third-order valence-electron chi connectivity index (χ3n) is 5.54. The Bertz CT molecular complexity index is 1310. The third kappa shape index (κ3) is 3.82. The number of benzene rings is 1. The minimum atomic E-state index is -4.87. The number of nitrogens with zero attached hydrogens (tertiary/aromatic N) is 3. The number of fused-ring (bicyclic) bond motifs is 1. The SMILES string of the molecule is Cc1nc2sc(C(C)(C)O)nn2c1-c1ccc(C(F)(F)F)c(S(=O)(=O)[C@H]2C[C@](C)(O)C2)c1. The van der Waals surface area contributed by atoms with E-state index in [1.165, 1.54) is 17.5 Å². The Labute approximate surface area is 186 Å². The monoisotopic (exact) mass is 489 g/mol. The van der Waals surface area contributed by atoms with Crippen LogP contribution >= 0.6 is 11.3 Å². The van der Waals surface area contributed by atoms with Crippen LogP contribution in [0.2, 0.25) is 0 Å². The number of imidazole rings is 1. The van der Waals surface area contributed by atoms with Crippen molar-refractivity contribution in [3.05, 3.63) is 34.5 Å². The van der Waals surface area contributed by atoms with Gasteiger partial charge in [0.2, 0.25) is 4.96 Å². The number of hydrogen-bond acceptors (Lipinski definition) is 7. The zero-order valence-corrected chi connectivity index (χ0v) is 19.4. The number of halogens is 3. The summed E-state index contributed by atoms with van der Waals surface area (Å²) in [6.07, 6.45) is -5.13. The lowest BCUT2D eigenvalue weighted by Crippen LogP contribution is -2.48. The van der Waals surface area contributed by atoms with Crippen LogP contribution in [-0.2, 0) is 21.6 Å². The molecule has 1 aliphatic carbocycles. The van der Waals surface area contributed by atoms with Gasteiger partial charge in [0, 0.05) is 5.56 Å². The second kappa shape index (κ2) is 6.99. The maximum absolute atomic E-state index is 13.7. The Balaban J connectivity index is 1.90. The van der Waals surface area contributed by atoms with Gasteiger partial charge < -0.3 is 10.2 Å². The number of sulfone groups is 1. The van der Waals surface area contributed by atoms with Crippen molar-refractivity contribution in [3.63, 3.8) is 0 Å². The molecule has 4 rings (SSSR count). The average Bonchev–Trinajstić information content (AvgIpc) is 3.14. The van der Waals surface area contributed by atoms with Gasteiger partial charge in [-0.25, -0.2) is 17.9 Å². The molecule has 0 radical (unpaired) electrons. The molecule has 7 nitrogen and oxygen atoms in total. The molecule has 1 fully saturated rings. The Kier molecular flexibility index (Phi) is 5.06. The molecular weight excluding hydrogens is 467 g/mol. The Hall–Kier alpha value is -2.02. The Morgan fingerprint density at radius 1 is 1.25 bits per heavy atom. The first-order chi connectivity index (χ1) is 14.5. The van der Waals surface area contributed by atoms with Crippen LogP contribution < -0.4 is 0 Å². The van der Waals surface area contributed by atoms with Gasteiger partial charge in [-0.1, -0.05) is 17.4 Å². The highest BCUT2D eigenvalue weighted by molar-refractivity contribution is 7.92. The minimum Gasteiger partial charge on any atom is -0.390 e. The molecule has 1 aromatic carbocycles. The van der Waals surface area contributed by atoms with Crippen LogP contribution in [0.15, 0.2) is 23.1 Å². The topological polar surface area (TPSA) is 105 Å². The molecule has 2 heterocycles. The number of aromatic nitrogens is 3. The lowest BCUT2D eigenvalue weighted by molar-refractivity contribution is -0.139. The molecule has 1 aliphatic rings. The highest BCUT2D eigenvalue weighted by Gasteiger charge is 2.49. The van der Waals surface area contributed by atoms with Crippen LogP contribution in [-0.4, -0.2) is 44.1 Å². The summed E-state index contributed by atoms with van der Waals surface area (Å²) >= 11 is 1.13. The van der Waals surface area contributed by atoms with Crippen molar-refractivity contribution in [3.8, 4) is 11.3 Å². The Morgan fingerprint density at radius 2 is 1.88 bits per heavy atom. The maximum atomic E-state index is 13.7. The van der Waals surface area contributed by atoms with E-state index in [1.54, 1.807) is 20.8 Å². The van der Waals surface area contributed by atoms with Crippen molar-refractivity contribution in [1.82, 2.24) is 14.6 Å². The Morgan fingerprint density at radius 3 is 2.41 bits per heavy atom. The normalized spacial score (nSPS) is 22.3. The maximum Gasteiger partial charge on any atom is 0.417 e. The predicted octanol–water partition coefficient (Wildman–Crippen LogP) is 3.70. The summed E-state index contributed by atoms with van der Waals surface area (Å²) in [5.74, 6) is 0. The zero-order chi connectivity index (χ0) is 23.9. The molecule has 3 aromatic rings. The first-order valence-corrected chi connectivity index (χ1v) is 12.1. The molecule has 0 amide bonds. The van der Waals surface area contributed by atoms with Crippen molar-refractivity contribution in [2.24, 2.45) is 0 Å². The molecule has 32 heavy (non-hydrogen) atoms. The summed E-state index contributed by atoms with van der Waals surface area (Å²) in [6, 6.07) is 2.95. The smallest absolute Gasteiger partial charge is 0.390 e. The second-order valence-corrected chi connectivity index (χ2v) is 12.1. The molecule has 0 spiro atoms. The van der Waals surface area contributed by atoms with Crippen molar-refractivity contribution in [2.75, 3.05) is 0 Å². The average molecular weight is 490 g/mol. The number of alkyl halides is 3. The predicted molar refractivity (Wildman–Crippen MR) is 112 cm³/mol. The van der Waals surface area contributed by atoms with Gasteiger partial charge in [-0.3, -0.25) is 0 Å². The molecule has 0 bridgehead atoms. The van der Waals surface area contributed by atoms with Gasteiger partial charge in [0.05, 0.1) is 32.7 Å². The fourth-order valence-electron chi connectivity index (χ4n) is 3.89. The van der Waals surface area contributed by atoms with Gasteiger partial charge in [0.1, 0.15) is 10.6 Å². The summed E-state index contributed by atoms with van der Waals surface area (Å²) < 4.78 is 68.7. The van der Waals surface area contributed by atoms with Crippen LogP contribution in [0.4, 0.5) is 13.2 Å². The molecule has 0 aliphatic heterocycles. The second-order valence-electron chi connectivity index (χ2n) is 8.99. The van der Waals surface area contributed by atoms with E-state index in [1.807, 2.05) is 0 Å². The highest BCUT2D eigenvalue weighted by Crippen LogP contribution is 2.44. The molecule has 12 heteroatoms. The fourth-order valence-corrected chi connectivity index (χ4v) is 7.13. The van der Waals surface area contributed by atoms with E-state index < -0.39 is 42.9 Å². The third-order valence-corrected chi connectivity index (χ3v) is 8.93. The van der Waals surface area contributed by atoms with Crippen molar-refractivity contribution in [2.45, 2.75) is 68.1 Å². The first kappa shape index (κ1) is 23.1. The standard InChI is InChI=1S/C20H22F3N3O4S2/c1-10-15(26-17(24-10)31-16(25-26)18(2,3)27)11-5-6-13(20(21,22)23)14(7-11)32(29,30)12-8-19(4,28)9-12/h5-7,12,27-28H,8-9H2,1-4H3/t12-,19-. The van der Waals surface area contributed by atoms with Crippen LogP contribution in [0.1, 0.15) is 49.9 Å². The quantitative estimate of drug-likeness (QED) is 0.579. The van der Waals surface area contributed by atoms with Gasteiger partial charge in [0.15, 0.2) is 9.84 Å². The number of hydrogen-bond donors (Lipinski definition) is 2. The lowest BCUT2D eigenvalue weighted by atomic mass is 9.82. The van der Waals surface area contributed by atoms with E-state index in [0.29, 0.717) is 21.4 Å². The molecular formula is C20H22F3N3O4S2. The molecule has 2 N–H and O–H groups in total. The van der Waals surface area contributed by atoms with Gasteiger partial charge >= 0.3 is 6.18 Å². The number of rotatable bonds is 4. The van der Waals surface area contributed by atoms with Crippen LogP contribution in [0.25, 0.3) is 16.2 Å². The van der Waals surface area contributed by atoms with Gasteiger partial charge in [-0.2, -0.15) is 18.3 Å². The lowest BCUT2D eigenvalue weighted by Gasteiger charge is -2.40. The van der Waals surface area contributed by atoms with E-state index >= 15 is 0 Å². The largest absolute Gasteiger partial charge is 0.417 e. The van der Waals surface area contributed by atoms with E-state index in [4.69, 9.17) is 0 Å². The van der Waals surface area contributed by atoms with Gasteiger partial charge in [0.25, 0.3) is 0 Å². The molecule has 2 aromatic heterocycles. The first-order valence-electron chi connectivity index (χ1n) is 9.78. The van der Waals surface area contributed by atoms with Crippen LogP contribution in [0, 0.1) is 6.92 Å². The minimum absolute atomic E-state index is 0.131. The van der Waals surface area contributed by atoms with Gasteiger partial charge in [-0.15, -0.1) is 0 Å². The molecule has 0 saturated heterocycles. The zero-order valence-electron chi connectivity index (χ0n) is 17.7. The van der Waals surface area contributed by atoms with Crippen molar-refractivity contribution >= 4 is 26.1 Å². The van der Waals surface area contributed by atoms with E-state index in [-0.39, 0.29) is 18.4 Å². The summed E-state index contributed by atoms with van der Waals surface area (Å²) in [7, 11) is -4.35. The summed E-state index contributed by atoms with van der Waals surface area (Å²) in [4.78, 5) is 3.97.